The minimum absolute atomic E-state index is 0.787. The first kappa shape index (κ1) is 9.59. The third kappa shape index (κ3) is 2.10. The normalized spacial score (nSPS) is 13.6. The first-order valence-corrected chi connectivity index (χ1v) is 5.71. The molecule has 14 heavy (non-hydrogen) atoms. The Morgan fingerprint density at radius 3 is 2.71 bits per heavy atom. The topological polar surface area (TPSA) is 18.5 Å². The summed E-state index contributed by atoms with van der Waals surface area (Å²) < 4.78 is 11.1. The quantitative estimate of drug-likeness (QED) is 0.770. The highest BCUT2D eigenvalue weighted by Gasteiger charge is 2.12. The molecule has 0 unspecified atom stereocenters. The van der Waals surface area contributed by atoms with E-state index < -0.39 is 0 Å². The largest absolute Gasteiger partial charge is 0.458 e. The molecule has 2 rings (SSSR count). The Morgan fingerprint density at radius 1 is 1.14 bits per heavy atom. The van der Waals surface area contributed by atoms with Crippen molar-refractivity contribution in [2.24, 2.45) is 0 Å². The lowest BCUT2D eigenvalue weighted by atomic mass is 10.2. The summed E-state index contributed by atoms with van der Waals surface area (Å²) in [4.78, 5) is 0. The summed E-state index contributed by atoms with van der Waals surface area (Å²) in [6, 6.07) is 7.68. The summed E-state index contributed by atoms with van der Waals surface area (Å²) >= 11 is 3.38. The Kier molecular flexibility index (Phi) is 3.09. The number of allylic oxidation sites excluding steroid dienone is 1. The minimum Gasteiger partial charge on any atom is -0.458 e. The SMILES string of the molecule is BrCCCC1=COc2ccccc2O1. The third-order valence-corrected chi connectivity index (χ3v) is 2.53. The summed E-state index contributed by atoms with van der Waals surface area (Å²) in [5, 5.41) is 0.981. The van der Waals surface area contributed by atoms with Crippen LogP contribution in [0, 0.1) is 0 Å². The first-order valence-electron chi connectivity index (χ1n) is 4.58. The van der Waals surface area contributed by atoms with Gasteiger partial charge in [-0.25, -0.2) is 0 Å². The Balaban J connectivity index is 2.05. The van der Waals surface area contributed by atoms with Crippen LogP contribution in [-0.4, -0.2) is 5.33 Å². The number of ether oxygens (including phenoxy) is 2. The van der Waals surface area contributed by atoms with Gasteiger partial charge in [-0.1, -0.05) is 28.1 Å². The summed E-state index contributed by atoms with van der Waals surface area (Å²) in [7, 11) is 0. The molecule has 0 amide bonds. The smallest absolute Gasteiger partial charge is 0.169 e. The summed E-state index contributed by atoms with van der Waals surface area (Å²) in [6.45, 7) is 0. The van der Waals surface area contributed by atoms with Crippen molar-refractivity contribution < 1.29 is 9.47 Å². The van der Waals surface area contributed by atoms with E-state index in [1.165, 1.54) is 0 Å². The fourth-order valence-corrected chi connectivity index (χ4v) is 1.56. The van der Waals surface area contributed by atoms with E-state index in [4.69, 9.17) is 9.47 Å². The van der Waals surface area contributed by atoms with Gasteiger partial charge in [0.25, 0.3) is 0 Å². The molecule has 3 heteroatoms. The fourth-order valence-electron chi connectivity index (χ4n) is 1.28. The molecule has 1 aliphatic heterocycles. The molecule has 1 aromatic rings. The predicted octanol–water partition coefficient (Wildman–Crippen LogP) is 3.47. The molecule has 0 radical (unpaired) electrons. The molecule has 0 aliphatic carbocycles. The van der Waals surface area contributed by atoms with E-state index in [1.807, 2.05) is 24.3 Å². The molecule has 2 nitrogen and oxygen atoms in total. The van der Waals surface area contributed by atoms with Crippen LogP contribution in [0.1, 0.15) is 12.8 Å². The van der Waals surface area contributed by atoms with Gasteiger partial charge in [0.1, 0.15) is 12.0 Å². The number of para-hydroxylation sites is 2. The van der Waals surface area contributed by atoms with Crippen LogP contribution in [0.3, 0.4) is 0 Å². The van der Waals surface area contributed by atoms with Gasteiger partial charge in [-0.3, -0.25) is 0 Å². The second-order valence-corrected chi connectivity index (χ2v) is 3.84. The zero-order valence-corrected chi connectivity index (χ0v) is 9.29. The van der Waals surface area contributed by atoms with Crippen LogP contribution in [0.4, 0.5) is 0 Å². The molecule has 0 aromatic heterocycles. The van der Waals surface area contributed by atoms with E-state index in [2.05, 4.69) is 15.9 Å². The summed E-state index contributed by atoms with van der Waals surface area (Å²) in [5.74, 6) is 2.48. The summed E-state index contributed by atoms with van der Waals surface area (Å²) in [5.41, 5.74) is 0. The number of halogens is 1. The second-order valence-electron chi connectivity index (χ2n) is 3.04. The summed E-state index contributed by atoms with van der Waals surface area (Å²) in [6.07, 6.45) is 3.64. The molecule has 74 valence electrons. The van der Waals surface area contributed by atoms with Gasteiger partial charge in [-0.2, -0.15) is 0 Å². The van der Waals surface area contributed by atoms with Gasteiger partial charge in [0.05, 0.1) is 0 Å². The Morgan fingerprint density at radius 2 is 1.93 bits per heavy atom. The highest BCUT2D eigenvalue weighted by Crippen LogP contribution is 2.32. The first-order chi connectivity index (χ1) is 6.90. The number of fused-ring (bicyclic) bond motifs is 1. The highest BCUT2D eigenvalue weighted by molar-refractivity contribution is 9.09. The molecule has 0 saturated heterocycles. The fraction of sp³-hybridized carbons (Fsp3) is 0.273. The van der Waals surface area contributed by atoms with Crippen molar-refractivity contribution in [1.82, 2.24) is 0 Å². The van der Waals surface area contributed by atoms with Gasteiger partial charge >= 0.3 is 0 Å². The van der Waals surface area contributed by atoms with Crippen LogP contribution in [0.25, 0.3) is 0 Å². The Hall–Kier alpha value is -0.960. The van der Waals surface area contributed by atoms with Gasteiger partial charge in [0, 0.05) is 11.8 Å². The Bertz CT molecular complexity index is 347. The molecule has 0 atom stereocenters. The molecule has 1 aliphatic rings. The lowest BCUT2D eigenvalue weighted by Crippen LogP contribution is -2.04. The number of rotatable bonds is 3. The zero-order valence-electron chi connectivity index (χ0n) is 7.70. The molecule has 0 N–H and O–H groups in total. The van der Waals surface area contributed by atoms with Crippen molar-refractivity contribution in [2.75, 3.05) is 5.33 Å². The number of hydrogen-bond acceptors (Lipinski definition) is 2. The highest BCUT2D eigenvalue weighted by atomic mass is 79.9. The van der Waals surface area contributed by atoms with E-state index >= 15 is 0 Å². The zero-order chi connectivity index (χ0) is 9.80. The average molecular weight is 255 g/mol. The second kappa shape index (κ2) is 4.51. The third-order valence-electron chi connectivity index (χ3n) is 1.96. The van der Waals surface area contributed by atoms with E-state index in [0.717, 1.165) is 35.4 Å². The standard InChI is InChI=1S/C11H11BrO2/c12-7-3-4-9-8-13-10-5-1-2-6-11(10)14-9/h1-2,5-6,8H,3-4,7H2. The Labute approximate surface area is 91.7 Å². The van der Waals surface area contributed by atoms with E-state index in [0.29, 0.717) is 0 Å². The number of benzene rings is 1. The average Bonchev–Trinajstić information content (AvgIpc) is 2.26. The lowest BCUT2D eigenvalue weighted by Gasteiger charge is -2.17. The van der Waals surface area contributed by atoms with E-state index in [9.17, 15) is 0 Å². The van der Waals surface area contributed by atoms with Crippen LogP contribution in [0.2, 0.25) is 0 Å². The number of hydrogen-bond donors (Lipinski definition) is 0. The van der Waals surface area contributed by atoms with Gasteiger partial charge in [0.15, 0.2) is 11.5 Å². The van der Waals surface area contributed by atoms with Gasteiger partial charge in [-0.05, 0) is 18.6 Å². The molecule has 0 fully saturated rings. The van der Waals surface area contributed by atoms with Crippen molar-refractivity contribution in [3.05, 3.63) is 36.3 Å². The van der Waals surface area contributed by atoms with E-state index in [-0.39, 0.29) is 0 Å². The molecule has 0 bridgehead atoms. The maximum absolute atomic E-state index is 5.65. The predicted molar refractivity (Wildman–Crippen MR) is 58.8 cm³/mol. The molecule has 1 aromatic carbocycles. The maximum Gasteiger partial charge on any atom is 0.169 e. The minimum atomic E-state index is 0.787. The molecule has 0 spiro atoms. The van der Waals surface area contributed by atoms with Gasteiger partial charge in [0.2, 0.25) is 0 Å². The number of alkyl halides is 1. The molecule has 1 heterocycles. The van der Waals surface area contributed by atoms with Gasteiger partial charge in [-0.15, -0.1) is 0 Å². The lowest BCUT2D eigenvalue weighted by molar-refractivity contribution is 0.312. The molecule has 0 saturated carbocycles. The van der Waals surface area contributed by atoms with Crippen LogP contribution < -0.4 is 9.47 Å². The van der Waals surface area contributed by atoms with Crippen molar-refractivity contribution >= 4 is 15.9 Å². The van der Waals surface area contributed by atoms with Crippen molar-refractivity contribution in [3.63, 3.8) is 0 Å². The maximum atomic E-state index is 5.65. The van der Waals surface area contributed by atoms with Crippen LogP contribution in [-0.2, 0) is 0 Å². The van der Waals surface area contributed by atoms with Crippen LogP contribution >= 0.6 is 15.9 Å². The monoisotopic (exact) mass is 254 g/mol. The van der Waals surface area contributed by atoms with Crippen LogP contribution in [0.5, 0.6) is 11.5 Å². The van der Waals surface area contributed by atoms with Crippen molar-refractivity contribution in [1.29, 1.82) is 0 Å². The van der Waals surface area contributed by atoms with Crippen LogP contribution in [0.15, 0.2) is 36.3 Å². The molecular formula is C11H11BrO2. The van der Waals surface area contributed by atoms with Gasteiger partial charge < -0.3 is 9.47 Å². The van der Waals surface area contributed by atoms with E-state index in [1.54, 1.807) is 6.26 Å². The van der Waals surface area contributed by atoms with Crippen molar-refractivity contribution in [2.45, 2.75) is 12.8 Å². The van der Waals surface area contributed by atoms with Crippen molar-refractivity contribution in [3.8, 4) is 11.5 Å². The molecular weight excluding hydrogens is 244 g/mol.